The molecule has 1 heterocycles. The van der Waals surface area contributed by atoms with Gasteiger partial charge in [-0.3, -0.25) is 4.79 Å². The van der Waals surface area contributed by atoms with Crippen LogP contribution in [0, 0.1) is 5.92 Å². The predicted octanol–water partition coefficient (Wildman–Crippen LogP) is 4.85. The van der Waals surface area contributed by atoms with Crippen molar-refractivity contribution < 1.29 is 9.53 Å². The van der Waals surface area contributed by atoms with Crippen molar-refractivity contribution in [3.05, 3.63) is 108 Å². The van der Waals surface area contributed by atoms with Crippen LogP contribution in [0.2, 0.25) is 0 Å². The first-order valence-electron chi connectivity index (χ1n) is 9.90. The normalized spacial score (nSPS) is 18.7. The zero-order chi connectivity index (χ0) is 20.1. The van der Waals surface area contributed by atoms with Crippen LogP contribution in [0.4, 0.5) is 0 Å². The van der Waals surface area contributed by atoms with E-state index in [1.807, 2.05) is 97.9 Å². The van der Waals surface area contributed by atoms with Gasteiger partial charge in [-0.05, 0) is 5.56 Å². The molecule has 0 aliphatic carbocycles. The molecule has 1 saturated heterocycles. The maximum absolute atomic E-state index is 12.9. The van der Waals surface area contributed by atoms with Gasteiger partial charge in [0.05, 0.1) is 12.3 Å². The fraction of sp³-hybridized carbons (Fsp3) is 0.200. The molecular formula is C25H24N2O2. The summed E-state index contributed by atoms with van der Waals surface area (Å²) in [6.45, 7) is 2.38. The van der Waals surface area contributed by atoms with E-state index in [2.05, 4.69) is 0 Å². The van der Waals surface area contributed by atoms with E-state index < -0.39 is 0 Å². The Hall–Kier alpha value is -3.24. The zero-order valence-corrected chi connectivity index (χ0v) is 16.4. The largest absolute Gasteiger partial charge is 0.352 e. The highest BCUT2D eigenvalue weighted by atomic mass is 16.5. The molecule has 4 heteroatoms. The molecule has 1 amide bonds. The third-order valence-electron chi connectivity index (χ3n) is 5.06. The number of nitrogens with zero attached hydrogens (tertiary/aromatic N) is 2. The van der Waals surface area contributed by atoms with Gasteiger partial charge >= 0.3 is 0 Å². The molecular weight excluding hydrogens is 360 g/mol. The predicted molar refractivity (Wildman–Crippen MR) is 114 cm³/mol. The standard InChI is InChI=1S/C25H24N2O2/c1-19-17-23(29-18-20-11-5-2-6-12-20)27(25(19)28)26-24(21-13-7-3-8-14-21)22-15-9-4-10-16-22/h2-16,19,23H,17-18H2,1H3/t19-,23?/m0/s1. The van der Waals surface area contributed by atoms with Gasteiger partial charge in [0.2, 0.25) is 5.91 Å². The highest BCUT2D eigenvalue weighted by Crippen LogP contribution is 2.27. The lowest BCUT2D eigenvalue weighted by Crippen LogP contribution is -2.32. The first-order valence-corrected chi connectivity index (χ1v) is 9.90. The number of hydrazone groups is 1. The SMILES string of the molecule is C[C@H]1CC(OCc2ccccc2)N(N=C(c2ccccc2)c2ccccc2)C1=O. The molecule has 29 heavy (non-hydrogen) atoms. The van der Waals surface area contributed by atoms with Crippen molar-refractivity contribution >= 4 is 11.6 Å². The average molecular weight is 384 g/mol. The van der Waals surface area contributed by atoms with E-state index in [4.69, 9.17) is 9.84 Å². The molecule has 0 aromatic heterocycles. The highest BCUT2D eigenvalue weighted by Gasteiger charge is 2.38. The number of amides is 1. The van der Waals surface area contributed by atoms with Crippen LogP contribution in [-0.4, -0.2) is 22.9 Å². The van der Waals surface area contributed by atoms with Gasteiger partial charge in [-0.2, -0.15) is 5.10 Å². The molecule has 1 unspecified atom stereocenters. The summed E-state index contributed by atoms with van der Waals surface area (Å²) < 4.78 is 6.11. The monoisotopic (exact) mass is 384 g/mol. The molecule has 146 valence electrons. The second-order valence-electron chi connectivity index (χ2n) is 7.25. The van der Waals surface area contributed by atoms with E-state index in [1.165, 1.54) is 5.01 Å². The van der Waals surface area contributed by atoms with E-state index in [0.717, 1.165) is 22.4 Å². The van der Waals surface area contributed by atoms with E-state index in [9.17, 15) is 4.79 Å². The molecule has 3 aromatic rings. The average Bonchev–Trinajstić information content (AvgIpc) is 3.05. The van der Waals surface area contributed by atoms with E-state index in [0.29, 0.717) is 13.0 Å². The summed E-state index contributed by atoms with van der Waals surface area (Å²) in [5, 5.41) is 6.35. The summed E-state index contributed by atoms with van der Waals surface area (Å²) in [7, 11) is 0. The molecule has 1 aliphatic rings. The van der Waals surface area contributed by atoms with Crippen LogP contribution in [0.15, 0.2) is 96.1 Å². The molecule has 4 nitrogen and oxygen atoms in total. The molecule has 0 N–H and O–H groups in total. The number of carbonyl (C=O) groups excluding carboxylic acids is 1. The third-order valence-corrected chi connectivity index (χ3v) is 5.06. The van der Waals surface area contributed by atoms with Crippen LogP contribution in [-0.2, 0) is 16.1 Å². The number of hydrogen-bond donors (Lipinski definition) is 0. The number of carbonyl (C=O) groups is 1. The summed E-state index contributed by atoms with van der Waals surface area (Å²) in [5.41, 5.74) is 3.78. The minimum atomic E-state index is -0.375. The fourth-order valence-corrected chi connectivity index (χ4v) is 3.47. The van der Waals surface area contributed by atoms with Gasteiger partial charge in [-0.1, -0.05) is 97.9 Å². The van der Waals surface area contributed by atoms with Crippen molar-refractivity contribution in [3.8, 4) is 0 Å². The van der Waals surface area contributed by atoms with Crippen LogP contribution in [0.3, 0.4) is 0 Å². The maximum atomic E-state index is 12.9. The lowest BCUT2D eigenvalue weighted by molar-refractivity contribution is -0.138. The van der Waals surface area contributed by atoms with Crippen LogP contribution < -0.4 is 0 Å². The summed E-state index contributed by atoms with van der Waals surface area (Å²) in [6.07, 6.45) is 0.256. The smallest absolute Gasteiger partial charge is 0.248 e. The number of hydrogen-bond acceptors (Lipinski definition) is 3. The minimum absolute atomic E-state index is 0.00701. The van der Waals surface area contributed by atoms with Gasteiger partial charge in [0.1, 0.15) is 0 Å². The molecule has 1 fully saturated rings. The Bertz CT molecular complexity index is 930. The minimum Gasteiger partial charge on any atom is -0.352 e. The van der Waals surface area contributed by atoms with Crippen molar-refractivity contribution in [3.63, 3.8) is 0 Å². The van der Waals surface area contributed by atoms with Crippen LogP contribution in [0.1, 0.15) is 30.0 Å². The first kappa shape index (κ1) is 19.1. The summed E-state index contributed by atoms with van der Waals surface area (Å²) in [4.78, 5) is 12.9. The Morgan fingerprint density at radius 1 is 0.897 bits per heavy atom. The Kier molecular flexibility index (Phi) is 5.82. The fourth-order valence-electron chi connectivity index (χ4n) is 3.47. The van der Waals surface area contributed by atoms with E-state index in [-0.39, 0.29) is 18.1 Å². The first-order chi connectivity index (χ1) is 14.2. The third kappa shape index (κ3) is 4.44. The summed E-state index contributed by atoms with van der Waals surface area (Å²) in [5.74, 6) is -0.125. The molecule has 0 spiro atoms. The molecule has 3 aromatic carbocycles. The number of benzene rings is 3. The Balaban J connectivity index is 1.65. The van der Waals surface area contributed by atoms with Gasteiger partial charge in [-0.15, -0.1) is 0 Å². The van der Waals surface area contributed by atoms with Gasteiger partial charge in [0.25, 0.3) is 0 Å². The molecule has 4 rings (SSSR count). The number of rotatable bonds is 6. The van der Waals surface area contributed by atoms with Crippen molar-refractivity contribution in [1.82, 2.24) is 5.01 Å². The van der Waals surface area contributed by atoms with E-state index >= 15 is 0 Å². The molecule has 0 saturated carbocycles. The summed E-state index contributed by atoms with van der Waals surface area (Å²) in [6, 6.07) is 29.9. The highest BCUT2D eigenvalue weighted by molar-refractivity contribution is 6.13. The van der Waals surface area contributed by atoms with Crippen molar-refractivity contribution in [2.24, 2.45) is 11.0 Å². The summed E-state index contributed by atoms with van der Waals surface area (Å²) >= 11 is 0. The lowest BCUT2D eigenvalue weighted by Gasteiger charge is -2.22. The van der Waals surface area contributed by atoms with Crippen molar-refractivity contribution in [2.75, 3.05) is 0 Å². The quantitative estimate of drug-likeness (QED) is 0.570. The van der Waals surface area contributed by atoms with Crippen molar-refractivity contribution in [1.29, 1.82) is 0 Å². The number of ether oxygens (including phenoxy) is 1. The maximum Gasteiger partial charge on any atom is 0.248 e. The molecule has 0 radical (unpaired) electrons. The lowest BCUT2D eigenvalue weighted by atomic mass is 10.0. The second-order valence-corrected chi connectivity index (χ2v) is 7.25. The zero-order valence-electron chi connectivity index (χ0n) is 16.4. The van der Waals surface area contributed by atoms with Crippen LogP contribution in [0.25, 0.3) is 0 Å². The Labute approximate surface area is 171 Å². The van der Waals surface area contributed by atoms with Gasteiger partial charge < -0.3 is 4.74 Å². The van der Waals surface area contributed by atoms with Crippen LogP contribution in [0.5, 0.6) is 0 Å². The topological polar surface area (TPSA) is 41.9 Å². The second kappa shape index (κ2) is 8.84. The molecule has 0 bridgehead atoms. The van der Waals surface area contributed by atoms with Crippen molar-refractivity contribution in [2.45, 2.75) is 26.2 Å². The van der Waals surface area contributed by atoms with Gasteiger partial charge in [0, 0.05) is 23.5 Å². The van der Waals surface area contributed by atoms with Gasteiger partial charge in [-0.25, -0.2) is 5.01 Å². The molecule has 1 aliphatic heterocycles. The molecule has 2 atom stereocenters. The Morgan fingerprint density at radius 2 is 1.41 bits per heavy atom. The van der Waals surface area contributed by atoms with Gasteiger partial charge in [0.15, 0.2) is 6.23 Å². The Morgan fingerprint density at radius 3 is 1.97 bits per heavy atom. The van der Waals surface area contributed by atoms with Crippen LogP contribution >= 0.6 is 0 Å². The van der Waals surface area contributed by atoms with E-state index in [1.54, 1.807) is 0 Å².